The topological polar surface area (TPSA) is 20.2 Å². The Morgan fingerprint density at radius 3 is 1.63 bits per heavy atom. The molecule has 2 aromatic carbocycles. The van der Waals surface area contributed by atoms with Gasteiger partial charge in [0, 0.05) is 5.75 Å². The van der Waals surface area contributed by atoms with Crippen LogP contribution in [0.1, 0.15) is 27.5 Å². The minimum Gasteiger partial charge on any atom is -0.396 e. The van der Waals surface area contributed by atoms with Crippen molar-refractivity contribution in [2.45, 2.75) is 19.1 Å². The molecule has 0 aliphatic heterocycles. The summed E-state index contributed by atoms with van der Waals surface area (Å²) in [5, 5.41) is 9.38. The van der Waals surface area contributed by atoms with E-state index < -0.39 is 0 Å². The van der Waals surface area contributed by atoms with Crippen molar-refractivity contribution >= 4 is 11.8 Å². The highest BCUT2D eigenvalue weighted by Gasteiger charge is 2.14. The third-order valence-corrected chi connectivity index (χ3v) is 4.43. The van der Waals surface area contributed by atoms with E-state index in [1.54, 1.807) is 11.8 Å². The summed E-state index contributed by atoms with van der Waals surface area (Å²) in [7, 11) is 0. The van der Waals surface area contributed by atoms with E-state index >= 15 is 0 Å². The molecule has 1 nitrogen and oxygen atoms in total. The zero-order valence-electron chi connectivity index (χ0n) is 11.5. The van der Waals surface area contributed by atoms with E-state index in [0.717, 1.165) is 5.75 Å². The minimum atomic E-state index is 0.221. The van der Waals surface area contributed by atoms with E-state index in [0.29, 0.717) is 5.25 Å². The van der Waals surface area contributed by atoms with Crippen LogP contribution in [0.5, 0.6) is 0 Å². The second kappa shape index (κ2) is 6.78. The van der Waals surface area contributed by atoms with Gasteiger partial charge >= 0.3 is 0 Å². The Morgan fingerprint density at radius 2 is 1.26 bits per heavy atom. The first-order chi connectivity index (χ1) is 9.20. The number of aryl methyl sites for hydroxylation is 2. The first-order valence-corrected chi connectivity index (χ1v) is 7.61. The molecule has 0 spiro atoms. The molecule has 0 bridgehead atoms. The SMILES string of the molecule is Cc1ccc(C(SCCO)c2ccc(C)cc2)cc1. The van der Waals surface area contributed by atoms with E-state index in [1.165, 1.54) is 22.3 Å². The molecule has 100 valence electrons. The smallest absolute Gasteiger partial charge is 0.0547 e. The monoisotopic (exact) mass is 272 g/mol. The molecule has 0 fully saturated rings. The van der Waals surface area contributed by atoms with Crippen LogP contribution in [-0.4, -0.2) is 17.5 Å². The van der Waals surface area contributed by atoms with E-state index in [4.69, 9.17) is 5.11 Å². The number of benzene rings is 2. The van der Waals surface area contributed by atoms with Gasteiger partial charge in [0.15, 0.2) is 0 Å². The number of aliphatic hydroxyl groups excluding tert-OH is 1. The Morgan fingerprint density at radius 1 is 0.842 bits per heavy atom. The maximum atomic E-state index is 9.08. The number of thioether (sulfide) groups is 1. The molecule has 19 heavy (non-hydrogen) atoms. The quantitative estimate of drug-likeness (QED) is 0.883. The summed E-state index contributed by atoms with van der Waals surface area (Å²) in [6.45, 7) is 4.43. The van der Waals surface area contributed by atoms with E-state index in [2.05, 4.69) is 62.4 Å². The Bertz CT molecular complexity index is 456. The third kappa shape index (κ3) is 3.85. The molecule has 2 heteroatoms. The van der Waals surface area contributed by atoms with Crippen LogP contribution < -0.4 is 0 Å². The fourth-order valence-electron chi connectivity index (χ4n) is 2.04. The van der Waals surface area contributed by atoms with Crippen molar-refractivity contribution in [1.82, 2.24) is 0 Å². The summed E-state index contributed by atoms with van der Waals surface area (Å²) in [4.78, 5) is 0. The minimum absolute atomic E-state index is 0.221. The summed E-state index contributed by atoms with van der Waals surface area (Å²) < 4.78 is 0. The fraction of sp³-hybridized carbons (Fsp3) is 0.294. The molecule has 0 aromatic heterocycles. The predicted molar refractivity (Wildman–Crippen MR) is 83.7 cm³/mol. The maximum absolute atomic E-state index is 9.08. The van der Waals surface area contributed by atoms with Gasteiger partial charge in [0.25, 0.3) is 0 Å². The predicted octanol–water partition coefficient (Wildman–Crippen LogP) is 4.12. The van der Waals surface area contributed by atoms with Crippen LogP contribution in [0.2, 0.25) is 0 Å². The van der Waals surface area contributed by atoms with Gasteiger partial charge in [0.2, 0.25) is 0 Å². The standard InChI is InChI=1S/C17H20OS/c1-13-3-7-15(8-4-13)17(19-12-11-18)16-9-5-14(2)6-10-16/h3-10,17-18H,11-12H2,1-2H3. The highest BCUT2D eigenvalue weighted by Crippen LogP contribution is 2.35. The van der Waals surface area contributed by atoms with Crippen LogP contribution in [0.15, 0.2) is 48.5 Å². The van der Waals surface area contributed by atoms with Crippen LogP contribution in [0.25, 0.3) is 0 Å². The second-order valence-electron chi connectivity index (χ2n) is 4.80. The van der Waals surface area contributed by atoms with Gasteiger partial charge in [-0.25, -0.2) is 0 Å². The lowest BCUT2D eigenvalue weighted by Crippen LogP contribution is -2.00. The normalized spacial score (nSPS) is 10.9. The van der Waals surface area contributed by atoms with Crippen LogP contribution in [-0.2, 0) is 0 Å². The largest absolute Gasteiger partial charge is 0.396 e. The average Bonchev–Trinajstić information content (AvgIpc) is 2.43. The number of hydrogen-bond donors (Lipinski definition) is 1. The molecule has 0 heterocycles. The van der Waals surface area contributed by atoms with Crippen molar-refractivity contribution in [1.29, 1.82) is 0 Å². The fourth-order valence-corrected chi connectivity index (χ4v) is 3.08. The Kier molecular flexibility index (Phi) is 5.06. The molecule has 0 aliphatic rings. The van der Waals surface area contributed by atoms with Crippen molar-refractivity contribution in [2.75, 3.05) is 12.4 Å². The molecular formula is C17H20OS. The Labute approximate surface area is 119 Å². The van der Waals surface area contributed by atoms with E-state index in [-0.39, 0.29) is 6.61 Å². The highest BCUT2D eigenvalue weighted by molar-refractivity contribution is 7.99. The molecular weight excluding hydrogens is 252 g/mol. The molecule has 0 aliphatic carbocycles. The molecule has 0 saturated carbocycles. The number of rotatable bonds is 5. The molecule has 0 atom stereocenters. The van der Waals surface area contributed by atoms with Crippen molar-refractivity contribution in [3.63, 3.8) is 0 Å². The van der Waals surface area contributed by atoms with Gasteiger partial charge in [-0.2, -0.15) is 0 Å². The number of hydrogen-bond acceptors (Lipinski definition) is 2. The lowest BCUT2D eigenvalue weighted by molar-refractivity contribution is 0.322. The molecule has 2 rings (SSSR count). The zero-order chi connectivity index (χ0) is 13.7. The van der Waals surface area contributed by atoms with Gasteiger partial charge in [-0.15, -0.1) is 11.8 Å². The van der Waals surface area contributed by atoms with E-state index in [9.17, 15) is 0 Å². The van der Waals surface area contributed by atoms with Crippen LogP contribution in [0, 0.1) is 13.8 Å². The van der Waals surface area contributed by atoms with Crippen molar-refractivity contribution in [2.24, 2.45) is 0 Å². The van der Waals surface area contributed by atoms with Gasteiger partial charge in [-0.1, -0.05) is 59.7 Å². The van der Waals surface area contributed by atoms with Crippen LogP contribution in [0.3, 0.4) is 0 Å². The lowest BCUT2D eigenvalue weighted by atomic mass is 10.0. The van der Waals surface area contributed by atoms with E-state index in [1.807, 2.05) is 0 Å². The highest BCUT2D eigenvalue weighted by atomic mass is 32.2. The van der Waals surface area contributed by atoms with Gasteiger partial charge in [0.05, 0.1) is 11.9 Å². The first kappa shape index (κ1) is 14.2. The van der Waals surface area contributed by atoms with Crippen molar-refractivity contribution < 1.29 is 5.11 Å². The summed E-state index contributed by atoms with van der Waals surface area (Å²) >= 11 is 1.79. The van der Waals surface area contributed by atoms with Gasteiger partial charge < -0.3 is 5.11 Å². The lowest BCUT2D eigenvalue weighted by Gasteiger charge is -2.17. The molecule has 0 unspecified atom stereocenters. The van der Waals surface area contributed by atoms with Gasteiger partial charge in [-0.3, -0.25) is 0 Å². The Hall–Kier alpha value is -1.25. The molecule has 0 radical (unpaired) electrons. The summed E-state index contributed by atoms with van der Waals surface area (Å²) in [5.41, 5.74) is 5.15. The molecule has 0 amide bonds. The summed E-state index contributed by atoms with van der Waals surface area (Å²) in [6.07, 6.45) is 0. The first-order valence-electron chi connectivity index (χ1n) is 6.56. The average molecular weight is 272 g/mol. The zero-order valence-corrected chi connectivity index (χ0v) is 12.3. The van der Waals surface area contributed by atoms with Crippen LogP contribution >= 0.6 is 11.8 Å². The van der Waals surface area contributed by atoms with Crippen molar-refractivity contribution in [3.8, 4) is 0 Å². The second-order valence-corrected chi connectivity index (χ2v) is 6.01. The third-order valence-electron chi connectivity index (χ3n) is 3.14. The summed E-state index contributed by atoms with van der Waals surface area (Å²) in [6, 6.07) is 17.3. The van der Waals surface area contributed by atoms with Crippen LogP contribution in [0.4, 0.5) is 0 Å². The number of aliphatic hydroxyl groups is 1. The molecule has 2 aromatic rings. The maximum Gasteiger partial charge on any atom is 0.0547 e. The molecule has 0 saturated heterocycles. The summed E-state index contributed by atoms with van der Waals surface area (Å²) in [5.74, 6) is 0.756. The van der Waals surface area contributed by atoms with Gasteiger partial charge in [-0.05, 0) is 25.0 Å². The van der Waals surface area contributed by atoms with Gasteiger partial charge in [0.1, 0.15) is 0 Å². The molecule has 1 N–H and O–H groups in total. The Balaban J connectivity index is 2.29. The van der Waals surface area contributed by atoms with Crippen molar-refractivity contribution in [3.05, 3.63) is 70.8 Å².